The summed E-state index contributed by atoms with van der Waals surface area (Å²) in [6.45, 7) is 1.32. The van der Waals surface area contributed by atoms with Gasteiger partial charge in [0.15, 0.2) is 9.84 Å². The van der Waals surface area contributed by atoms with E-state index in [0.29, 0.717) is 16.4 Å². The van der Waals surface area contributed by atoms with Gasteiger partial charge in [0.1, 0.15) is 28.1 Å². The quantitative estimate of drug-likeness (QED) is 0.508. The molecule has 1 heterocycles. The molecule has 9 heteroatoms. The number of hydrogen-bond donors (Lipinski definition) is 1. The molecule has 1 aromatic heterocycles. The number of carbonyl (C=O) groups excluding carboxylic acids is 1. The van der Waals surface area contributed by atoms with Crippen LogP contribution in [0.5, 0.6) is 11.5 Å². The largest absolute Gasteiger partial charge is 0.496 e. The molecule has 0 fully saturated rings. The minimum absolute atomic E-state index is 0.00563. The summed E-state index contributed by atoms with van der Waals surface area (Å²) >= 11 is 1.27. The van der Waals surface area contributed by atoms with Gasteiger partial charge in [-0.2, -0.15) is 0 Å². The third-order valence-corrected chi connectivity index (χ3v) is 8.01. The third kappa shape index (κ3) is 4.72. The van der Waals surface area contributed by atoms with Crippen LogP contribution in [-0.2, 0) is 9.84 Å². The van der Waals surface area contributed by atoms with Crippen LogP contribution in [-0.4, -0.2) is 35.1 Å². The lowest BCUT2D eigenvalue weighted by molar-refractivity contribution is 0.0947. The van der Waals surface area contributed by atoms with Crippen LogP contribution in [0.15, 0.2) is 58.8 Å². The Morgan fingerprint density at radius 3 is 2.32 bits per heavy atom. The average Bonchev–Trinajstić information content (AvgIpc) is 3.29. The maximum absolute atomic E-state index is 13.7. The molecule has 1 N–H and O–H groups in total. The van der Waals surface area contributed by atoms with Crippen molar-refractivity contribution in [3.63, 3.8) is 0 Å². The van der Waals surface area contributed by atoms with Gasteiger partial charge in [-0.25, -0.2) is 12.8 Å². The summed E-state index contributed by atoms with van der Waals surface area (Å²) in [7, 11) is -1.04. The maximum Gasteiger partial charge on any atom is 0.258 e. The molecule has 0 radical (unpaired) electrons. The van der Waals surface area contributed by atoms with Crippen LogP contribution in [0, 0.1) is 12.7 Å². The van der Waals surface area contributed by atoms with Gasteiger partial charge in [-0.3, -0.25) is 4.79 Å². The van der Waals surface area contributed by atoms with E-state index in [0.717, 1.165) is 6.07 Å². The van der Waals surface area contributed by atoms with Crippen LogP contribution < -0.4 is 14.8 Å². The highest BCUT2D eigenvalue weighted by Crippen LogP contribution is 2.33. The molecule has 31 heavy (non-hydrogen) atoms. The van der Waals surface area contributed by atoms with E-state index in [2.05, 4.69) is 5.32 Å². The summed E-state index contributed by atoms with van der Waals surface area (Å²) in [6, 6.07) is 12.0. The Kier molecular flexibility index (Phi) is 6.97. The van der Waals surface area contributed by atoms with Gasteiger partial charge in [-0.05, 0) is 54.3 Å². The van der Waals surface area contributed by atoms with Gasteiger partial charge in [-0.1, -0.05) is 12.1 Å². The molecule has 164 valence electrons. The number of sulfone groups is 1. The summed E-state index contributed by atoms with van der Waals surface area (Å²) in [6.07, 6.45) is 0. The first-order chi connectivity index (χ1) is 14.8. The first-order valence-corrected chi connectivity index (χ1v) is 11.7. The third-order valence-electron chi connectivity index (χ3n) is 4.80. The number of halogens is 1. The van der Waals surface area contributed by atoms with Crippen molar-refractivity contribution in [3.05, 3.63) is 75.7 Å². The first kappa shape index (κ1) is 22.8. The highest BCUT2D eigenvalue weighted by Gasteiger charge is 2.31. The number of thiophene rings is 1. The van der Waals surface area contributed by atoms with Gasteiger partial charge >= 0.3 is 0 Å². The summed E-state index contributed by atoms with van der Waals surface area (Å²) in [4.78, 5) is 13.5. The second-order valence-electron chi connectivity index (χ2n) is 6.71. The number of aryl methyl sites for hydroxylation is 1. The molecule has 0 aliphatic carbocycles. The van der Waals surface area contributed by atoms with E-state index >= 15 is 0 Å². The van der Waals surface area contributed by atoms with E-state index in [1.807, 2.05) is 0 Å². The zero-order valence-electron chi connectivity index (χ0n) is 17.2. The molecule has 3 aromatic rings. The zero-order chi connectivity index (χ0) is 22.6. The Morgan fingerprint density at radius 1 is 1.10 bits per heavy atom. The van der Waals surface area contributed by atoms with Crippen LogP contribution in [0.25, 0.3) is 0 Å². The Morgan fingerprint density at radius 2 is 1.77 bits per heavy atom. The molecule has 0 aliphatic heterocycles. The lowest BCUT2D eigenvalue weighted by Gasteiger charge is -2.19. The summed E-state index contributed by atoms with van der Waals surface area (Å²) in [5.74, 6) is -0.396. The predicted molar refractivity (Wildman–Crippen MR) is 117 cm³/mol. The van der Waals surface area contributed by atoms with Gasteiger partial charge in [0.2, 0.25) is 0 Å². The second kappa shape index (κ2) is 9.49. The summed E-state index contributed by atoms with van der Waals surface area (Å²) < 4.78 is 50.9. The monoisotopic (exact) mass is 463 g/mol. The normalized spacial score (nSPS) is 12.3. The fraction of sp³-hybridized carbons (Fsp3) is 0.227. The van der Waals surface area contributed by atoms with Crippen molar-refractivity contribution >= 4 is 27.1 Å². The molecule has 0 bridgehead atoms. The van der Waals surface area contributed by atoms with Gasteiger partial charge < -0.3 is 14.8 Å². The molecule has 1 unspecified atom stereocenters. The van der Waals surface area contributed by atoms with E-state index in [1.54, 1.807) is 35.7 Å². The van der Waals surface area contributed by atoms with Crippen LogP contribution in [0.2, 0.25) is 0 Å². The Labute approximate surface area is 184 Å². The van der Waals surface area contributed by atoms with Crippen molar-refractivity contribution < 1.29 is 27.1 Å². The number of hydrogen-bond acceptors (Lipinski definition) is 6. The van der Waals surface area contributed by atoms with Crippen LogP contribution in [0.3, 0.4) is 0 Å². The smallest absolute Gasteiger partial charge is 0.258 e. The molecule has 2 aromatic carbocycles. The van der Waals surface area contributed by atoms with Crippen molar-refractivity contribution in [1.29, 1.82) is 0 Å². The van der Waals surface area contributed by atoms with E-state index < -0.39 is 26.8 Å². The SMILES string of the molecule is COc1cccc(OC)c1C(=O)NCC(c1cccs1)S(=O)(=O)c1ccc(F)c(C)c1. The number of carbonyl (C=O) groups is 1. The molecule has 0 saturated carbocycles. The number of rotatable bonds is 8. The van der Waals surface area contributed by atoms with Crippen molar-refractivity contribution in [1.82, 2.24) is 5.32 Å². The number of nitrogens with one attached hydrogen (secondary N) is 1. The highest BCUT2D eigenvalue weighted by atomic mass is 32.2. The van der Waals surface area contributed by atoms with Gasteiger partial charge in [0.05, 0.1) is 19.1 Å². The topological polar surface area (TPSA) is 81.7 Å². The Bertz CT molecular complexity index is 1150. The first-order valence-electron chi connectivity index (χ1n) is 9.32. The van der Waals surface area contributed by atoms with Crippen molar-refractivity contribution in [2.75, 3.05) is 20.8 Å². The second-order valence-corrected chi connectivity index (χ2v) is 9.82. The number of amides is 1. The molecule has 1 atom stereocenters. The molecular formula is C22H22FNO5S2. The van der Waals surface area contributed by atoms with E-state index in [4.69, 9.17) is 9.47 Å². The van der Waals surface area contributed by atoms with Gasteiger partial charge in [0.25, 0.3) is 5.91 Å². The van der Waals surface area contributed by atoms with E-state index in [9.17, 15) is 17.6 Å². The average molecular weight is 464 g/mol. The number of benzene rings is 2. The maximum atomic E-state index is 13.7. The van der Waals surface area contributed by atoms with Gasteiger partial charge in [0, 0.05) is 11.4 Å². The molecule has 1 amide bonds. The summed E-state index contributed by atoms with van der Waals surface area (Å²) in [5, 5.41) is 3.42. The van der Waals surface area contributed by atoms with Gasteiger partial charge in [-0.15, -0.1) is 11.3 Å². The molecular weight excluding hydrogens is 441 g/mol. The molecule has 0 spiro atoms. The van der Waals surface area contributed by atoms with E-state index in [1.165, 1.54) is 44.6 Å². The van der Waals surface area contributed by atoms with Crippen molar-refractivity contribution in [2.24, 2.45) is 0 Å². The molecule has 3 rings (SSSR count). The fourth-order valence-electron chi connectivity index (χ4n) is 3.14. The van der Waals surface area contributed by atoms with Crippen LogP contribution >= 0.6 is 11.3 Å². The van der Waals surface area contributed by atoms with Crippen LogP contribution in [0.1, 0.15) is 26.0 Å². The van der Waals surface area contributed by atoms with E-state index in [-0.39, 0.29) is 22.6 Å². The zero-order valence-corrected chi connectivity index (χ0v) is 18.8. The molecule has 0 saturated heterocycles. The molecule has 0 aliphatic rings. The number of ether oxygens (including phenoxy) is 2. The number of methoxy groups -OCH3 is 2. The Hall–Kier alpha value is -2.91. The lowest BCUT2D eigenvalue weighted by atomic mass is 10.1. The lowest BCUT2D eigenvalue weighted by Crippen LogP contribution is -2.32. The van der Waals surface area contributed by atoms with Crippen molar-refractivity contribution in [3.8, 4) is 11.5 Å². The molecule has 6 nitrogen and oxygen atoms in total. The summed E-state index contributed by atoms with van der Waals surface area (Å²) in [5.41, 5.74) is 0.404. The Balaban J connectivity index is 1.94. The highest BCUT2D eigenvalue weighted by molar-refractivity contribution is 7.91. The minimum atomic E-state index is -3.91. The van der Waals surface area contributed by atoms with Crippen molar-refractivity contribution in [2.45, 2.75) is 17.1 Å². The minimum Gasteiger partial charge on any atom is -0.496 e. The standard InChI is InChI=1S/C22H22FNO5S2/c1-14-12-15(9-10-16(14)23)31(26,27)20(19-8-5-11-30-19)13-24-22(25)21-17(28-2)6-4-7-18(21)29-3/h4-12,20H,13H2,1-3H3,(H,24,25). The fourth-order valence-corrected chi connectivity index (χ4v) is 6.01. The van der Waals surface area contributed by atoms with Crippen LogP contribution in [0.4, 0.5) is 4.39 Å². The predicted octanol–water partition coefficient (Wildman–Crippen LogP) is 4.16.